The van der Waals surface area contributed by atoms with E-state index in [0.717, 1.165) is 25.1 Å². The zero-order chi connectivity index (χ0) is 14.8. The third kappa shape index (κ3) is 3.55. The van der Waals surface area contributed by atoms with Crippen molar-refractivity contribution in [2.45, 2.75) is 12.2 Å². The van der Waals surface area contributed by atoms with E-state index in [0.29, 0.717) is 0 Å². The second-order valence-electron chi connectivity index (χ2n) is 3.55. The molecule has 1 unspecified atom stereocenters. The highest BCUT2D eigenvalue weighted by atomic mass is 35.5. The molecule has 0 aromatic heterocycles. The van der Waals surface area contributed by atoms with Crippen molar-refractivity contribution in [1.82, 2.24) is 0 Å². The van der Waals surface area contributed by atoms with Gasteiger partial charge in [0.25, 0.3) is 5.69 Å². The van der Waals surface area contributed by atoms with Crippen molar-refractivity contribution in [3.8, 4) is 0 Å². The zero-order valence-corrected chi connectivity index (χ0v) is 11.1. The first-order valence-electron chi connectivity index (χ1n) is 4.83. The highest BCUT2D eigenvalue weighted by Crippen LogP contribution is 2.27. The van der Waals surface area contributed by atoms with Crippen LogP contribution in [0.5, 0.6) is 0 Å². The molecule has 1 rings (SSSR count). The van der Waals surface area contributed by atoms with Crippen LogP contribution in [0, 0.1) is 10.1 Å². The van der Waals surface area contributed by atoms with Crippen LogP contribution in [0.25, 0.3) is 0 Å². The third-order valence-electron chi connectivity index (χ3n) is 2.23. The van der Waals surface area contributed by atoms with Crippen LogP contribution < -0.4 is 4.72 Å². The SMILES string of the molecule is CC(C(=O)O)S(=O)(=O)Nc1ccc([N+](=O)[O-])cc1Cl. The lowest BCUT2D eigenvalue weighted by atomic mass is 10.3. The predicted molar refractivity (Wildman–Crippen MR) is 67.7 cm³/mol. The number of anilines is 1. The Morgan fingerprint density at radius 3 is 2.53 bits per heavy atom. The van der Waals surface area contributed by atoms with Crippen molar-refractivity contribution < 1.29 is 23.2 Å². The molecule has 0 amide bonds. The van der Waals surface area contributed by atoms with Crippen LogP contribution in [-0.4, -0.2) is 29.7 Å². The molecule has 10 heteroatoms. The molecule has 1 aromatic carbocycles. The lowest BCUT2D eigenvalue weighted by molar-refractivity contribution is -0.384. The summed E-state index contributed by atoms with van der Waals surface area (Å²) in [7, 11) is -4.17. The summed E-state index contributed by atoms with van der Waals surface area (Å²) in [6.45, 7) is 0.990. The first kappa shape index (κ1) is 15.2. The van der Waals surface area contributed by atoms with Crippen molar-refractivity contribution in [3.63, 3.8) is 0 Å². The summed E-state index contributed by atoms with van der Waals surface area (Å²) in [5.74, 6) is -1.52. The fraction of sp³-hybridized carbons (Fsp3) is 0.222. The molecular formula is C9H9ClN2O6S. The second-order valence-corrected chi connectivity index (χ2v) is 5.96. The Bertz CT molecular complexity index is 630. The summed E-state index contributed by atoms with van der Waals surface area (Å²) in [6, 6.07) is 3.10. The molecule has 2 N–H and O–H groups in total. The average Bonchev–Trinajstić information content (AvgIpc) is 2.30. The predicted octanol–water partition coefficient (Wildman–Crippen LogP) is 1.46. The molecule has 0 aliphatic carbocycles. The first-order valence-corrected chi connectivity index (χ1v) is 6.76. The van der Waals surface area contributed by atoms with Crippen molar-refractivity contribution in [2.75, 3.05) is 4.72 Å². The van der Waals surface area contributed by atoms with Gasteiger partial charge in [-0.05, 0) is 13.0 Å². The van der Waals surface area contributed by atoms with Gasteiger partial charge >= 0.3 is 5.97 Å². The van der Waals surface area contributed by atoms with Crippen LogP contribution >= 0.6 is 11.6 Å². The number of hydrogen-bond acceptors (Lipinski definition) is 5. The standard InChI is InChI=1S/C9H9ClN2O6S/c1-5(9(13)14)19(17,18)11-8-3-2-6(12(15)16)4-7(8)10/h2-5,11H,1H3,(H,13,14). The Hall–Kier alpha value is -1.87. The van der Waals surface area contributed by atoms with Gasteiger partial charge in [-0.3, -0.25) is 19.6 Å². The third-order valence-corrected chi connectivity index (χ3v) is 4.18. The Morgan fingerprint density at radius 1 is 1.53 bits per heavy atom. The first-order chi connectivity index (χ1) is 8.65. The lowest BCUT2D eigenvalue weighted by Gasteiger charge is -2.12. The molecule has 1 aromatic rings. The largest absolute Gasteiger partial charge is 0.480 e. The van der Waals surface area contributed by atoms with Crippen LogP contribution in [0.4, 0.5) is 11.4 Å². The smallest absolute Gasteiger partial charge is 0.323 e. The van der Waals surface area contributed by atoms with Gasteiger partial charge in [0.1, 0.15) is 0 Å². The number of nitro groups is 1. The van der Waals surface area contributed by atoms with Crippen molar-refractivity contribution in [2.24, 2.45) is 0 Å². The van der Waals surface area contributed by atoms with E-state index in [4.69, 9.17) is 16.7 Å². The van der Waals surface area contributed by atoms with E-state index < -0.39 is 26.2 Å². The number of benzene rings is 1. The molecule has 0 bridgehead atoms. The number of carboxylic acids is 1. The molecule has 104 valence electrons. The topological polar surface area (TPSA) is 127 Å². The van der Waals surface area contributed by atoms with Gasteiger partial charge in [-0.25, -0.2) is 8.42 Å². The van der Waals surface area contributed by atoms with Gasteiger partial charge in [-0.2, -0.15) is 0 Å². The fourth-order valence-corrected chi connectivity index (χ4v) is 2.28. The Kier molecular flexibility index (Phi) is 4.32. The minimum absolute atomic E-state index is 0.125. The number of sulfonamides is 1. The minimum atomic E-state index is -4.17. The maximum Gasteiger partial charge on any atom is 0.323 e. The summed E-state index contributed by atoms with van der Waals surface area (Å²) < 4.78 is 25.2. The number of nitro benzene ring substituents is 1. The van der Waals surface area contributed by atoms with Crippen molar-refractivity contribution in [3.05, 3.63) is 33.3 Å². The van der Waals surface area contributed by atoms with E-state index in [-0.39, 0.29) is 16.4 Å². The van der Waals surface area contributed by atoms with E-state index >= 15 is 0 Å². The Morgan fingerprint density at radius 2 is 2.11 bits per heavy atom. The zero-order valence-electron chi connectivity index (χ0n) is 9.53. The maximum absolute atomic E-state index is 11.6. The number of aliphatic carboxylic acids is 1. The van der Waals surface area contributed by atoms with Crippen molar-refractivity contribution >= 4 is 39.0 Å². The molecule has 0 aliphatic rings. The molecule has 8 nitrogen and oxygen atoms in total. The molecule has 0 spiro atoms. The van der Waals surface area contributed by atoms with Crippen molar-refractivity contribution in [1.29, 1.82) is 0 Å². The molecule has 0 radical (unpaired) electrons. The molecule has 0 heterocycles. The number of carbonyl (C=O) groups is 1. The van der Waals surface area contributed by atoms with Gasteiger partial charge < -0.3 is 5.11 Å². The number of nitrogens with one attached hydrogen (secondary N) is 1. The van der Waals surface area contributed by atoms with Crippen LogP contribution in [0.2, 0.25) is 5.02 Å². The summed E-state index contributed by atoms with van der Waals surface area (Å²) in [6.07, 6.45) is 0. The average molecular weight is 309 g/mol. The van der Waals surface area contributed by atoms with E-state index in [1.54, 1.807) is 0 Å². The van der Waals surface area contributed by atoms with E-state index in [1.807, 2.05) is 4.72 Å². The second kappa shape index (κ2) is 5.41. The van der Waals surface area contributed by atoms with E-state index in [1.165, 1.54) is 0 Å². The lowest BCUT2D eigenvalue weighted by Crippen LogP contribution is -2.32. The van der Waals surface area contributed by atoms with E-state index in [9.17, 15) is 23.3 Å². The number of hydrogen-bond donors (Lipinski definition) is 2. The molecular weight excluding hydrogens is 300 g/mol. The molecule has 0 fully saturated rings. The quantitative estimate of drug-likeness (QED) is 0.626. The normalized spacial score (nSPS) is 12.7. The minimum Gasteiger partial charge on any atom is -0.480 e. The molecule has 0 saturated carbocycles. The van der Waals surface area contributed by atoms with Gasteiger partial charge in [0.15, 0.2) is 5.25 Å². The van der Waals surface area contributed by atoms with Gasteiger partial charge in [-0.15, -0.1) is 0 Å². The van der Waals surface area contributed by atoms with Crippen LogP contribution in [0.1, 0.15) is 6.92 Å². The molecule has 1 atom stereocenters. The van der Waals surface area contributed by atoms with Gasteiger partial charge in [0.05, 0.1) is 15.6 Å². The van der Waals surface area contributed by atoms with Gasteiger partial charge in [-0.1, -0.05) is 11.6 Å². The van der Waals surface area contributed by atoms with E-state index in [2.05, 4.69) is 0 Å². The molecule has 0 saturated heterocycles. The fourth-order valence-electron chi connectivity index (χ4n) is 1.07. The summed E-state index contributed by atoms with van der Waals surface area (Å²) >= 11 is 5.68. The number of rotatable bonds is 5. The highest BCUT2D eigenvalue weighted by molar-refractivity contribution is 7.94. The summed E-state index contributed by atoms with van der Waals surface area (Å²) in [4.78, 5) is 20.4. The molecule has 0 aliphatic heterocycles. The highest BCUT2D eigenvalue weighted by Gasteiger charge is 2.28. The number of carboxylic acid groups (broad SMARTS) is 1. The monoisotopic (exact) mass is 308 g/mol. The Balaban J connectivity index is 3.07. The Labute approximate surface area is 113 Å². The summed E-state index contributed by atoms with van der Waals surface area (Å²) in [5.41, 5.74) is -0.431. The summed E-state index contributed by atoms with van der Waals surface area (Å²) in [5, 5.41) is 17.2. The van der Waals surface area contributed by atoms with Gasteiger partial charge in [0, 0.05) is 12.1 Å². The number of halogens is 1. The van der Waals surface area contributed by atoms with Crippen LogP contribution in [-0.2, 0) is 14.8 Å². The maximum atomic E-state index is 11.6. The number of non-ortho nitro benzene ring substituents is 1. The van der Waals surface area contributed by atoms with Crippen LogP contribution in [0.3, 0.4) is 0 Å². The number of nitrogens with zero attached hydrogens (tertiary/aromatic N) is 1. The van der Waals surface area contributed by atoms with Gasteiger partial charge in [0.2, 0.25) is 10.0 Å². The molecule has 19 heavy (non-hydrogen) atoms. The van der Waals surface area contributed by atoms with Crippen LogP contribution in [0.15, 0.2) is 18.2 Å².